The molecule has 0 bridgehead atoms. The van der Waals surface area contributed by atoms with Crippen molar-refractivity contribution in [3.05, 3.63) is 11.9 Å². The summed E-state index contributed by atoms with van der Waals surface area (Å²) in [6.07, 6.45) is 0.913. The second kappa shape index (κ2) is 10.0. The van der Waals surface area contributed by atoms with Gasteiger partial charge in [0.1, 0.15) is 6.04 Å². The quantitative estimate of drug-likeness (QED) is 0.402. The fraction of sp³-hybridized carbons (Fsp3) is 0.600. The molecule has 0 amide bonds. The molecule has 1 atom stereocenters. The monoisotopic (exact) mass is 373 g/mol. The second-order valence-electron chi connectivity index (χ2n) is 5.06. The first-order chi connectivity index (χ1) is 11.8. The van der Waals surface area contributed by atoms with E-state index in [1.165, 1.54) is 17.9 Å². The van der Waals surface area contributed by atoms with E-state index in [1.54, 1.807) is 32.8 Å². The fourth-order valence-electron chi connectivity index (χ4n) is 2.00. The van der Waals surface area contributed by atoms with E-state index in [0.717, 1.165) is 0 Å². The Bertz CT molecular complexity index is 616. The van der Waals surface area contributed by atoms with Gasteiger partial charge in [0, 0.05) is 18.2 Å². The van der Waals surface area contributed by atoms with Crippen molar-refractivity contribution in [2.75, 3.05) is 34.4 Å². The first-order valence-corrected chi connectivity index (χ1v) is 8.49. The molecule has 10 heteroatoms. The summed E-state index contributed by atoms with van der Waals surface area (Å²) in [5, 5.41) is -0.461. The first kappa shape index (κ1) is 21.0. The Hall–Kier alpha value is -2.07. The van der Waals surface area contributed by atoms with E-state index in [1.807, 2.05) is 0 Å². The second-order valence-corrected chi connectivity index (χ2v) is 5.96. The molecular formula is C15H23N3O6S. The third-order valence-corrected chi connectivity index (χ3v) is 3.94. The van der Waals surface area contributed by atoms with Gasteiger partial charge in [0.05, 0.1) is 32.2 Å². The third kappa shape index (κ3) is 5.75. The molecule has 0 fully saturated rings. The Morgan fingerprint density at radius 1 is 1.24 bits per heavy atom. The van der Waals surface area contributed by atoms with E-state index in [4.69, 9.17) is 14.2 Å². The maximum absolute atomic E-state index is 12.3. The number of thioether (sulfide) groups is 1. The van der Waals surface area contributed by atoms with Crippen LogP contribution in [-0.2, 0) is 25.4 Å². The standard InChI is InChI=1S/C15H23N3O6S/c1-6-23-14(20)18-10(8-11(17(3)4)12(19)22-5)9-16-13(18)25-15(21)24-7-2/h9,11H,6-8H2,1-5H3/t11-/m0/s1. The van der Waals surface area contributed by atoms with Crippen molar-refractivity contribution in [3.63, 3.8) is 0 Å². The molecule has 1 aromatic heterocycles. The molecule has 0 spiro atoms. The van der Waals surface area contributed by atoms with Crippen LogP contribution in [0.3, 0.4) is 0 Å². The van der Waals surface area contributed by atoms with Crippen molar-refractivity contribution in [1.82, 2.24) is 14.5 Å². The topological polar surface area (TPSA) is 100.0 Å². The van der Waals surface area contributed by atoms with E-state index >= 15 is 0 Å². The van der Waals surface area contributed by atoms with Gasteiger partial charge in [0.2, 0.25) is 0 Å². The summed E-state index contributed by atoms with van der Waals surface area (Å²) in [7, 11) is 4.74. The summed E-state index contributed by atoms with van der Waals surface area (Å²) in [5.74, 6) is -0.443. The Balaban J connectivity index is 3.17. The Kier molecular flexibility index (Phi) is 8.42. The number of esters is 1. The SMILES string of the molecule is CCOC(=O)Sc1ncc(C[C@@H](C(=O)OC)N(C)C)n1C(=O)OCC. The molecule has 140 valence electrons. The molecule has 0 aromatic carbocycles. The van der Waals surface area contributed by atoms with Crippen molar-refractivity contribution in [1.29, 1.82) is 0 Å². The zero-order valence-electron chi connectivity index (χ0n) is 15.0. The number of carbonyl (C=O) groups is 3. The summed E-state index contributed by atoms with van der Waals surface area (Å²) in [6.45, 7) is 3.72. The highest BCUT2D eigenvalue weighted by atomic mass is 32.2. The zero-order chi connectivity index (χ0) is 19.0. The first-order valence-electron chi connectivity index (χ1n) is 7.68. The molecule has 0 saturated carbocycles. The molecule has 0 unspecified atom stereocenters. The number of aromatic nitrogens is 2. The predicted molar refractivity (Wildman–Crippen MR) is 90.7 cm³/mol. The number of nitrogens with zero attached hydrogens (tertiary/aromatic N) is 3. The van der Waals surface area contributed by atoms with Crippen LogP contribution >= 0.6 is 11.8 Å². The van der Waals surface area contributed by atoms with Crippen LogP contribution in [0.1, 0.15) is 19.5 Å². The highest BCUT2D eigenvalue weighted by molar-refractivity contribution is 8.13. The fourth-order valence-corrected chi connectivity index (χ4v) is 2.71. The lowest BCUT2D eigenvalue weighted by molar-refractivity contribution is -0.146. The minimum absolute atomic E-state index is 0.120. The molecule has 1 rings (SSSR count). The lowest BCUT2D eigenvalue weighted by atomic mass is 10.1. The molecule has 9 nitrogen and oxygen atoms in total. The molecule has 0 radical (unpaired) electrons. The van der Waals surface area contributed by atoms with Crippen molar-refractivity contribution in [3.8, 4) is 0 Å². The summed E-state index contributed by atoms with van der Waals surface area (Å²) in [4.78, 5) is 41.7. The smallest absolute Gasteiger partial charge is 0.420 e. The van der Waals surface area contributed by atoms with Crippen molar-refractivity contribution in [2.45, 2.75) is 31.5 Å². The van der Waals surface area contributed by atoms with Gasteiger partial charge in [0.25, 0.3) is 0 Å². The van der Waals surface area contributed by atoms with Gasteiger partial charge in [0.15, 0.2) is 5.16 Å². The lowest BCUT2D eigenvalue weighted by Gasteiger charge is -2.22. The Labute approximate surface area is 150 Å². The highest BCUT2D eigenvalue weighted by Gasteiger charge is 2.27. The van der Waals surface area contributed by atoms with Crippen LogP contribution in [-0.4, -0.2) is 72.3 Å². The molecule has 0 aliphatic heterocycles. The van der Waals surface area contributed by atoms with Crippen LogP contribution in [0.5, 0.6) is 0 Å². The minimum atomic E-state index is -0.677. The average molecular weight is 373 g/mol. The minimum Gasteiger partial charge on any atom is -0.468 e. The molecule has 0 aliphatic carbocycles. The van der Waals surface area contributed by atoms with Crippen LogP contribution in [0.25, 0.3) is 0 Å². The predicted octanol–water partition coefficient (Wildman–Crippen LogP) is 1.78. The molecule has 25 heavy (non-hydrogen) atoms. The van der Waals surface area contributed by atoms with Crippen molar-refractivity contribution < 1.29 is 28.6 Å². The van der Waals surface area contributed by atoms with Gasteiger partial charge in [-0.2, -0.15) is 0 Å². The van der Waals surface area contributed by atoms with Gasteiger partial charge >= 0.3 is 17.4 Å². The molecule has 1 heterocycles. The highest BCUT2D eigenvalue weighted by Crippen LogP contribution is 2.22. The van der Waals surface area contributed by atoms with Gasteiger partial charge < -0.3 is 14.2 Å². The van der Waals surface area contributed by atoms with E-state index in [9.17, 15) is 14.4 Å². The number of carbonyl (C=O) groups excluding carboxylic acids is 3. The largest absolute Gasteiger partial charge is 0.468 e. The normalized spacial score (nSPS) is 11.9. The number of likely N-dealkylation sites (N-methyl/N-ethyl adjacent to an activating group) is 1. The average Bonchev–Trinajstić information content (AvgIpc) is 2.94. The number of ether oxygens (including phenoxy) is 3. The Morgan fingerprint density at radius 3 is 2.40 bits per heavy atom. The number of hydrogen-bond acceptors (Lipinski definition) is 9. The van der Waals surface area contributed by atoms with Crippen molar-refractivity contribution in [2.24, 2.45) is 0 Å². The van der Waals surface area contributed by atoms with Gasteiger partial charge in [-0.1, -0.05) is 0 Å². The van der Waals surface area contributed by atoms with Crippen LogP contribution < -0.4 is 0 Å². The van der Waals surface area contributed by atoms with E-state index < -0.39 is 23.4 Å². The third-order valence-electron chi connectivity index (χ3n) is 3.19. The van der Waals surface area contributed by atoms with Crippen LogP contribution in [0.2, 0.25) is 0 Å². The van der Waals surface area contributed by atoms with E-state index in [0.29, 0.717) is 17.5 Å². The lowest BCUT2D eigenvalue weighted by Crippen LogP contribution is -2.39. The summed E-state index contributed by atoms with van der Waals surface area (Å²) in [5.41, 5.74) is 0.425. The molecule has 0 saturated heterocycles. The van der Waals surface area contributed by atoms with Crippen LogP contribution in [0, 0.1) is 0 Å². The van der Waals surface area contributed by atoms with Crippen LogP contribution in [0.4, 0.5) is 9.59 Å². The van der Waals surface area contributed by atoms with Gasteiger partial charge in [-0.25, -0.2) is 19.1 Å². The summed E-state index contributed by atoms with van der Waals surface area (Å²) in [6, 6.07) is -0.615. The summed E-state index contributed by atoms with van der Waals surface area (Å²) >= 11 is 0.680. The van der Waals surface area contributed by atoms with Crippen LogP contribution in [0.15, 0.2) is 11.4 Å². The van der Waals surface area contributed by atoms with Gasteiger partial charge in [-0.05, 0) is 27.9 Å². The molecule has 0 aliphatic rings. The number of hydrogen-bond donors (Lipinski definition) is 0. The van der Waals surface area contributed by atoms with Crippen molar-refractivity contribution >= 4 is 29.1 Å². The maximum atomic E-state index is 12.3. The van der Waals surface area contributed by atoms with E-state index in [-0.39, 0.29) is 24.8 Å². The number of rotatable bonds is 7. The zero-order valence-corrected chi connectivity index (χ0v) is 15.8. The van der Waals surface area contributed by atoms with Gasteiger partial charge in [-0.15, -0.1) is 0 Å². The summed E-state index contributed by atoms with van der Waals surface area (Å²) < 4.78 is 15.9. The van der Waals surface area contributed by atoms with Gasteiger partial charge in [-0.3, -0.25) is 9.69 Å². The molecule has 0 N–H and O–H groups in total. The molecular weight excluding hydrogens is 350 g/mol. The maximum Gasteiger partial charge on any atom is 0.420 e. The number of methoxy groups -OCH3 is 1. The van der Waals surface area contributed by atoms with E-state index in [2.05, 4.69) is 4.98 Å². The number of imidazole rings is 1. The Morgan fingerprint density at radius 2 is 1.88 bits per heavy atom. The molecule has 1 aromatic rings.